The van der Waals surface area contributed by atoms with Gasteiger partial charge in [-0.05, 0) is 60.5 Å². The van der Waals surface area contributed by atoms with Crippen LogP contribution in [0.5, 0.6) is 0 Å². The number of fused-ring (bicyclic) bond motifs is 1. The molecular weight excluding hydrogens is 384 g/mol. The molecule has 134 valence electrons. The number of aromatic nitrogens is 1. The summed E-state index contributed by atoms with van der Waals surface area (Å²) in [4.78, 5) is 4.54. The number of aryl methyl sites for hydroxylation is 1. The summed E-state index contributed by atoms with van der Waals surface area (Å²) < 4.78 is 5.89. The number of nitrogens with zero attached hydrogens (tertiary/aromatic N) is 3. The van der Waals surface area contributed by atoms with Gasteiger partial charge in [0.2, 0.25) is 0 Å². The summed E-state index contributed by atoms with van der Waals surface area (Å²) in [5.74, 6) is 1.09. The second kappa shape index (κ2) is 7.39. The molecule has 0 atom stereocenters. The number of hydrogen-bond acceptors (Lipinski definition) is 4. The van der Waals surface area contributed by atoms with Crippen molar-refractivity contribution in [3.8, 4) is 0 Å². The summed E-state index contributed by atoms with van der Waals surface area (Å²) in [6.45, 7) is 5.55. The van der Waals surface area contributed by atoms with Gasteiger partial charge in [-0.1, -0.05) is 29.8 Å². The lowest BCUT2D eigenvalue weighted by Crippen LogP contribution is -2.50. The zero-order chi connectivity index (χ0) is 18.1. The molecule has 1 aliphatic rings. The molecule has 0 amide bonds. The lowest BCUT2D eigenvalue weighted by molar-refractivity contribution is 0.390. The highest BCUT2D eigenvalue weighted by Gasteiger charge is 2.22. The number of anilines is 2. The summed E-state index contributed by atoms with van der Waals surface area (Å²) in [5, 5.41) is 5.93. The number of rotatable bonds is 2. The monoisotopic (exact) mass is 402 g/mol. The number of thiocarbonyl (C=S) groups is 1. The first-order chi connectivity index (χ1) is 12.6. The Balaban J connectivity index is 1.41. The fourth-order valence-electron chi connectivity index (χ4n) is 3.14. The van der Waals surface area contributed by atoms with Crippen molar-refractivity contribution in [2.24, 2.45) is 0 Å². The Morgan fingerprint density at radius 1 is 1.15 bits per heavy atom. The van der Waals surface area contributed by atoms with Gasteiger partial charge >= 0.3 is 0 Å². The van der Waals surface area contributed by atoms with Gasteiger partial charge in [-0.2, -0.15) is 4.37 Å². The van der Waals surface area contributed by atoms with Crippen LogP contribution in [0.4, 0.5) is 11.5 Å². The molecule has 1 aromatic heterocycles. The van der Waals surface area contributed by atoms with Crippen LogP contribution in [0.3, 0.4) is 0 Å². The molecule has 1 saturated heterocycles. The van der Waals surface area contributed by atoms with E-state index in [1.54, 1.807) is 11.5 Å². The van der Waals surface area contributed by atoms with Crippen molar-refractivity contribution in [2.75, 3.05) is 36.4 Å². The maximum absolute atomic E-state index is 6.30. The normalized spacial score (nSPS) is 14.7. The molecule has 2 aromatic carbocycles. The number of benzene rings is 2. The van der Waals surface area contributed by atoms with Crippen LogP contribution in [0.1, 0.15) is 5.56 Å². The minimum Gasteiger partial charge on any atom is -0.352 e. The molecule has 4 rings (SSSR count). The fraction of sp³-hybridized carbons (Fsp3) is 0.263. The van der Waals surface area contributed by atoms with Crippen molar-refractivity contribution in [3.63, 3.8) is 0 Å². The van der Waals surface area contributed by atoms with Crippen LogP contribution in [0.15, 0.2) is 42.5 Å². The molecular formula is C19H19ClN4S2. The summed E-state index contributed by atoms with van der Waals surface area (Å²) in [5.41, 5.74) is 1.99. The number of hydrogen-bond donors (Lipinski definition) is 1. The van der Waals surface area contributed by atoms with Crippen LogP contribution in [-0.4, -0.2) is 40.6 Å². The van der Waals surface area contributed by atoms with Crippen molar-refractivity contribution in [1.29, 1.82) is 0 Å². The second-order valence-electron chi connectivity index (χ2n) is 6.39. The van der Waals surface area contributed by atoms with Gasteiger partial charge in [0, 0.05) is 31.6 Å². The number of halogens is 1. The van der Waals surface area contributed by atoms with Gasteiger partial charge in [-0.3, -0.25) is 0 Å². The minimum atomic E-state index is 0.694. The van der Waals surface area contributed by atoms with Crippen molar-refractivity contribution in [2.45, 2.75) is 6.92 Å². The molecule has 4 nitrogen and oxygen atoms in total. The molecule has 0 spiro atoms. The third-order valence-electron chi connectivity index (χ3n) is 4.59. The van der Waals surface area contributed by atoms with Crippen LogP contribution >= 0.6 is 35.4 Å². The number of piperazine rings is 1. The zero-order valence-electron chi connectivity index (χ0n) is 14.4. The van der Waals surface area contributed by atoms with Gasteiger partial charge in [0.25, 0.3) is 0 Å². The molecule has 1 N–H and O–H groups in total. The minimum absolute atomic E-state index is 0.694. The van der Waals surface area contributed by atoms with Gasteiger partial charge in [0.15, 0.2) is 5.11 Å². The van der Waals surface area contributed by atoms with Crippen LogP contribution < -0.4 is 10.2 Å². The molecule has 1 aliphatic heterocycles. The first-order valence-electron chi connectivity index (χ1n) is 8.53. The average Bonchev–Trinajstić information content (AvgIpc) is 3.08. The molecule has 1 fully saturated rings. The van der Waals surface area contributed by atoms with E-state index in [0.29, 0.717) is 5.02 Å². The predicted molar refractivity (Wildman–Crippen MR) is 116 cm³/mol. The topological polar surface area (TPSA) is 31.4 Å². The van der Waals surface area contributed by atoms with E-state index in [9.17, 15) is 0 Å². The highest BCUT2D eigenvalue weighted by atomic mass is 35.5. The number of nitrogens with one attached hydrogen (secondary N) is 1. The molecule has 0 saturated carbocycles. The van der Waals surface area contributed by atoms with Crippen LogP contribution in [0, 0.1) is 6.92 Å². The lowest BCUT2D eigenvalue weighted by Gasteiger charge is -2.36. The van der Waals surface area contributed by atoms with Crippen LogP contribution in [-0.2, 0) is 0 Å². The summed E-state index contributed by atoms with van der Waals surface area (Å²) in [7, 11) is 0. The van der Waals surface area contributed by atoms with Crippen LogP contribution in [0.2, 0.25) is 5.02 Å². The van der Waals surface area contributed by atoms with E-state index < -0.39 is 0 Å². The molecule has 0 aliphatic carbocycles. The SMILES string of the molecule is Cc1ccc(NC(=S)N2CCN(c3nsc4ccccc34)CC2)c(Cl)c1. The summed E-state index contributed by atoms with van der Waals surface area (Å²) in [6.07, 6.45) is 0. The van der Waals surface area contributed by atoms with Gasteiger partial charge in [-0.15, -0.1) is 0 Å². The lowest BCUT2D eigenvalue weighted by atomic mass is 10.2. The highest BCUT2D eigenvalue weighted by Crippen LogP contribution is 2.30. The fourth-order valence-corrected chi connectivity index (χ4v) is 4.51. The van der Waals surface area contributed by atoms with Crippen molar-refractivity contribution >= 4 is 62.1 Å². The Labute approximate surface area is 167 Å². The van der Waals surface area contributed by atoms with Crippen LogP contribution in [0.25, 0.3) is 10.1 Å². The van der Waals surface area contributed by atoms with Crippen molar-refractivity contribution in [1.82, 2.24) is 9.27 Å². The van der Waals surface area contributed by atoms with Gasteiger partial charge in [0.1, 0.15) is 5.82 Å². The Morgan fingerprint density at radius 3 is 2.69 bits per heavy atom. The van der Waals surface area contributed by atoms with Gasteiger partial charge in [-0.25, -0.2) is 0 Å². The second-order valence-corrected chi connectivity index (χ2v) is 7.99. The molecule has 2 heterocycles. The molecule has 0 unspecified atom stereocenters. The van der Waals surface area contributed by atoms with Crippen molar-refractivity contribution in [3.05, 3.63) is 53.1 Å². The Hall–Kier alpha value is -1.89. The molecule has 0 bridgehead atoms. The smallest absolute Gasteiger partial charge is 0.173 e. The zero-order valence-corrected chi connectivity index (χ0v) is 16.8. The Bertz CT molecular complexity index is 948. The Morgan fingerprint density at radius 2 is 1.92 bits per heavy atom. The Kier molecular flexibility index (Phi) is 4.98. The third kappa shape index (κ3) is 3.49. The van der Waals surface area contributed by atoms with Crippen molar-refractivity contribution < 1.29 is 0 Å². The van der Waals surface area contributed by atoms with E-state index in [1.165, 1.54) is 10.1 Å². The maximum Gasteiger partial charge on any atom is 0.173 e. The molecule has 26 heavy (non-hydrogen) atoms. The highest BCUT2D eigenvalue weighted by molar-refractivity contribution is 7.80. The van der Waals surface area contributed by atoms with E-state index in [1.807, 2.05) is 25.1 Å². The third-order valence-corrected chi connectivity index (χ3v) is 6.08. The predicted octanol–water partition coefficient (Wildman–Crippen LogP) is 4.78. The van der Waals surface area contributed by atoms with E-state index in [2.05, 4.69) is 43.8 Å². The van der Waals surface area contributed by atoms with E-state index >= 15 is 0 Å². The molecule has 7 heteroatoms. The van der Waals surface area contributed by atoms with Gasteiger partial charge < -0.3 is 15.1 Å². The largest absolute Gasteiger partial charge is 0.352 e. The quantitative estimate of drug-likeness (QED) is 0.623. The van der Waals surface area contributed by atoms with E-state index in [0.717, 1.165) is 48.4 Å². The average molecular weight is 403 g/mol. The summed E-state index contributed by atoms with van der Waals surface area (Å²) in [6, 6.07) is 14.3. The first kappa shape index (κ1) is 17.5. The maximum atomic E-state index is 6.30. The molecule has 3 aromatic rings. The summed E-state index contributed by atoms with van der Waals surface area (Å²) >= 11 is 13.5. The van der Waals surface area contributed by atoms with E-state index in [-0.39, 0.29) is 0 Å². The van der Waals surface area contributed by atoms with Gasteiger partial charge in [0.05, 0.1) is 15.4 Å². The standard InChI is InChI=1S/C19H19ClN4S2/c1-13-6-7-16(15(20)12-13)21-19(25)24-10-8-23(9-11-24)18-14-4-2-3-5-17(14)26-22-18/h2-7,12H,8-11H2,1H3,(H,21,25). The van der Waals surface area contributed by atoms with E-state index in [4.69, 9.17) is 23.8 Å². The first-order valence-corrected chi connectivity index (χ1v) is 10.1. The molecule has 0 radical (unpaired) electrons.